The number of aryl methyl sites for hydroxylation is 2. The van der Waals surface area contributed by atoms with Gasteiger partial charge < -0.3 is 10.4 Å². The van der Waals surface area contributed by atoms with Crippen molar-refractivity contribution in [3.8, 4) is 11.4 Å². The molecule has 6 nitrogen and oxygen atoms in total. The summed E-state index contributed by atoms with van der Waals surface area (Å²) in [7, 11) is 0. The van der Waals surface area contributed by atoms with Crippen molar-refractivity contribution in [3.05, 3.63) is 89.1 Å². The fraction of sp³-hybridized carbons (Fsp3) is 0.0833. The number of carbonyl (C=O) groups excluding carboxylic acids is 1. The number of nitrogens with one attached hydrogen (secondary N) is 1. The number of amides is 1. The molecule has 6 heteroatoms. The summed E-state index contributed by atoms with van der Waals surface area (Å²) in [5, 5.41) is 12.5. The first-order chi connectivity index (χ1) is 14.4. The highest BCUT2D eigenvalue weighted by molar-refractivity contribution is 6.11. The highest BCUT2D eigenvalue weighted by Crippen LogP contribution is 2.26. The molecule has 0 radical (unpaired) electrons. The highest BCUT2D eigenvalue weighted by Gasteiger charge is 2.18. The molecule has 1 aromatic heterocycles. The van der Waals surface area contributed by atoms with Crippen LogP contribution in [0, 0.1) is 13.8 Å². The SMILES string of the molecule is Cc1ccccc1-c1nc(C(=O)Nc2ccc(C(=O)O)cc2)c2cccc(C)c2n1. The molecule has 0 aliphatic carbocycles. The standard InChI is InChI=1S/C24H19N3O3/c1-14-6-3-4-8-18(14)22-26-20-15(2)7-5-9-19(20)21(27-22)23(28)25-17-12-10-16(11-13-17)24(29)30/h3-13H,1-2H3,(H,25,28)(H,29,30). The largest absolute Gasteiger partial charge is 0.478 e. The van der Waals surface area contributed by atoms with Crippen LogP contribution in [0.1, 0.15) is 32.0 Å². The number of hydrogen-bond acceptors (Lipinski definition) is 4. The number of fused-ring (bicyclic) bond motifs is 1. The summed E-state index contributed by atoms with van der Waals surface area (Å²) in [6, 6.07) is 19.4. The van der Waals surface area contributed by atoms with Gasteiger partial charge in [-0.15, -0.1) is 0 Å². The summed E-state index contributed by atoms with van der Waals surface area (Å²) < 4.78 is 0. The average Bonchev–Trinajstić information content (AvgIpc) is 2.74. The Morgan fingerprint density at radius 3 is 2.23 bits per heavy atom. The Kier molecular flexibility index (Phi) is 4.98. The van der Waals surface area contributed by atoms with Gasteiger partial charge in [-0.25, -0.2) is 14.8 Å². The van der Waals surface area contributed by atoms with Crippen molar-refractivity contribution < 1.29 is 14.7 Å². The number of aromatic carboxylic acids is 1. The predicted molar refractivity (Wildman–Crippen MR) is 116 cm³/mol. The molecule has 0 aliphatic rings. The van der Waals surface area contributed by atoms with Crippen LogP contribution in [0.15, 0.2) is 66.7 Å². The Bertz CT molecular complexity index is 1280. The van der Waals surface area contributed by atoms with Gasteiger partial charge in [0.15, 0.2) is 5.82 Å². The van der Waals surface area contributed by atoms with E-state index in [9.17, 15) is 9.59 Å². The number of aromatic nitrogens is 2. The van der Waals surface area contributed by atoms with E-state index < -0.39 is 5.97 Å². The number of carboxylic acids is 1. The molecule has 0 atom stereocenters. The molecule has 3 aromatic carbocycles. The second kappa shape index (κ2) is 7.75. The van der Waals surface area contributed by atoms with Crippen LogP contribution in [0.3, 0.4) is 0 Å². The van der Waals surface area contributed by atoms with Gasteiger partial charge in [0, 0.05) is 16.6 Å². The number of para-hydroxylation sites is 1. The molecule has 0 fully saturated rings. The molecule has 4 aromatic rings. The van der Waals surface area contributed by atoms with Crippen molar-refractivity contribution in [1.29, 1.82) is 0 Å². The molecule has 0 unspecified atom stereocenters. The van der Waals surface area contributed by atoms with Crippen LogP contribution < -0.4 is 5.32 Å². The molecule has 1 heterocycles. The Hall–Kier alpha value is -4.06. The van der Waals surface area contributed by atoms with Gasteiger partial charge in [0.1, 0.15) is 5.69 Å². The van der Waals surface area contributed by atoms with Gasteiger partial charge in [0.25, 0.3) is 5.91 Å². The van der Waals surface area contributed by atoms with E-state index in [1.165, 1.54) is 12.1 Å². The number of carboxylic acid groups (broad SMARTS) is 1. The van der Waals surface area contributed by atoms with E-state index in [-0.39, 0.29) is 17.2 Å². The Morgan fingerprint density at radius 1 is 0.833 bits per heavy atom. The number of anilines is 1. The van der Waals surface area contributed by atoms with E-state index in [0.29, 0.717) is 16.9 Å². The van der Waals surface area contributed by atoms with Crippen molar-refractivity contribution in [2.45, 2.75) is 13.8 Å². The minimum absolute atomic E-state index is 0.151. The van der Waals surface area contributed by atoms with Crippen molar-refractivity contribution in [2.75, 3.05) is 5.32 Å². The van der Waals surface area contributed by atoms with E-state index in [1.54, 1.807) is 12.1 Å². The Balaban J connectivity index is 1.80. The molecule has 2 N–H and O–H groups in total. The molecule has 0 aliphatic heterocycles. The van der Waals surface area contributed by atoms with Crippen LogP contribution in [0.25, 0.3) is 22.3 Å². The lowest BCUT2D eigenvalue weighted by molar-refractivity contribution is 0.0696. The number of hydrogen-bond donors (Lipinski definition) is 2. The second-order valence-electron chi connectivity index (χ2n) is 7.02. The molecular weight excluding hydrogens is 378 g/mol. The lowest BCUT2D eigenvalue weighted by Gasteiger charge is -2.12. The quantitative estimate of drug-likeness (QED) is 0.513. The third-order valence-corrected chi connectivity index (χ3v) is 4.92. The molecule has 0 spiro atoms. The fourth-order valence-electron chi connectivity index (χ4n) is 3.30. The summed E-state index contributed by atoms with van der Waals surface area (Å²) >= 11 is 0. The first kappa shape index (κ1) is 19.3. The van der Waals surface area contributed by atoms with Crippen LogP contribution in [-0.2, 0) is 0 Å². The van der Waals surface area contributed by atoms with Gasteiger partial charge in [-0.3, -0.25) is 4.79 Å². The van der Waals surface area contributed by atoms with Gasteiger partial charge in [0.05, 0.1) is 11.1 Å². The van der Waals surface area contributed by atoms with Crippen molar-refractivity contribution in [1.82, 2.24) is 9.97 Å². The third kappa shape index (κ3) is 3.63. The number of carbonyl (C=O) groups is 2. The van der Waals surface area contributed by atoms with Crippen molar-refractivity contribution in [3.63, 3.8) is 0 Å². The first-order valence-electron chi connectivity index (χ1n) is 9.42. The first-order valence-corrected chi connectivity index (χ1v) is 9.42. The normalized spacial score (nSPS) is 10.7. The third-order valence-electron chi connectivity index (χ3n) is 4.92. The molecule has 4 rings (SSSR count). The molecule has 0 bridgehead atoms. The minimum atomic E-state index is -1.02. The van der Waals surface area contributed by atoms with E-state index in [4.69, 9.17) is 10.1 Å². The van der Waals surface area contributed by atoms with Crippen molar-refractivity contribution in [2.24, 2.45) is 0 Å². The fourth-order valence-corrected chi connectivity index (χ4v) is 3.30. The van der Waals surface area contributed by atoms with Gasteiger partial charge >= 0.3 is 5.97 Å². The smallest absolute Gasteiger partial charge is 0.335 e. The van der Waals surface area contributed by atoms with Gasteiger partial charge in [-0.2, -0.15) is 0 Å². The maximum absolute atomic E-state index is 13.1. The molecule has 148 valence electrons. The van der Waals surface area contributed by atoms with Gasteiger partial charge in [-0.05, 0) is 49.2 Å². The number of nitrogens with zero attached hydrogens (tertiary/aromatic N) is 2. The molecule has 0 saturated carbocycles. The predicted octanol–water partition coefficient (Wildman–Crippen LogP) is 4.86. The van der Waals surface area contributed by atoms with Crippen LogP contribution in [0.2, 0.25) is 0 Å². The summed E-state index contributed by atoms with van der Waals surface area (Å²) in [6.07, 6.45) is 0. The summed E-state index contributed by atoms with van der Waals surface area (Å²) in [6.45, 7) is 3.92. The second-order valence-corrected chi connectivity index (χ2v) is 7.02. The lowest BCUT2D eigenvalue weighted by atomic mass is 10.1. The van der Waals surface area contributed by atoms with E-state index in [2.05, 4.69) is 10.3 Å². The topological polar surface area (TPSA) is 92.2 Å². The minimum Gasteiger partial charge on any atom is -0.478 e. The summed E-state index contributed by atoms with van der Waals surface area (Å²) in [5.74, 6) is -0.916. The van der Waals surface area contributed by atoms with Gasteiger partial charge in [-0.1, -0.05) is 42.5 Å². The highest BCUT2D eigenvalue weighted by atomic mass is 16.4. The monoisotopic (exact) mass is 397 g/mol. The van der Waals surface area contributed by atoms with Crippen molar-refractivity contribution >= 4 is 28.5 Å². The molecule has 0 saturated heterocycles. The average molecular weight is 397 g/mol. The molecular formula is C24H19N3O3. The molecule has 1 amide bonds. The summed E-state index contributed by atoms with van der Waals surface area (Å²) in [5.41, 5.74) is 4.45. The lowest BCUT2D eigenvalue weighted by Crippen LogP contribution is -2.16. The van der Waals surface area contributed by atoms with Crippen LogP contribution in [0.4, 0.5) is 5.69 Å². The zero-order valence-corrected chi connectivity index (χ0v) is 16.5. The van der Waals surface area contributed by atoms with Gasteiger partial charge in [0.2, 0.25) is 0 Å². The van der Waals surface area contributed by atoms with Crippen LogP contribution >= 0.6 is 0 Å². The van der Waals surface area contributed by atoms with Crippen LogP contribution in [-0.4, -0.2) is 27.0 Å². The van der Waals surface area contributed by atoms with E-state index in [0.717, 1.165) is 22.2 Å². The summed E-state index contributed by atoms with van der Waals surface area (Å²) in [4.78, 5) is 33.5. The Labute approximate surface area is 173 Å². The molecule has 30 heavy (non-hydrogen) atoms. The maximum atomic E-state index is 13.1. The maximum Gasteiger partial charge on any atom is 0.335 e. The zero-order valence-electron chi connectivity index (χ0n) is 16.5. The van der Waals surface area contributed by atoms with Crippen LogP contribution in [0.5, 0.6) is 0 Å². The van der Waals surface area contributed by atoms with E-state index >= 15 is 0 Å². The zero-order chi connectivity index (χ0) is 21.3. The number of benzene rings is 3. The Morgan fingerprint density at radius 2 is 1.53 bits per heavy atom. The number of rotatable bonds is 4. The van der Waals surface area contributed by atoms with E-state index in [1.807, 2.05) is 56.3 Å².